The highest BCUT2D eigenvalue weighted by molar-refractivity contribution is 9.10. The molecule has 2 nitrogen and oxygen atoms in total. The molecular formula is C13H15BrN2. The standard InChI is InChI=1S/C13H15BrN2/c1-13(2,3)12-8-9-15-16(12)11-6-4-10(14)5-7-11/h4-9H,1-3H3. The highest BCUT2D eigenvalue weighted by Gasteiger charge is 2.19. The van der Waals surface area contributed by atoms with E-state index in [1.807, 2.05) is 23.0 Å². The molecule has 1 aromatic carbocycles. The normalized spacial score (nSPS) is 11.8. The van der Waals surface area contributed by atoms with Gasteiger partial charge in [-0.2, -0.15) is 5.10 Å². The second kappa shape index (κ2) is 4.06. The minimum Gasteiger partial charge on any atom is -0.237 e. The highest BCUT2D eigenvalue weighted by Crippen LogP contribution is 2.24. The van der Waals surface area contributed by atoms with Crippen LogP contribution in [0.3, 0.4) is 0 Å². The van der Waals surface area contributed by atoms with Gasteiger partial charge in [-0.15, -0.1) is 0 Å². The Hall–Kier alpha value is -1.09. The van der Waals surface area contributed by atoms with Crippen molar-refractivity contribution in [1.82, 2.24) is 9.78 Å². The van der Waals surface area contributed by atoms with E-state index < -0.39 is 0 Å². The summed E-state index contributed by atoms with van der Waals surface area (Å²) < 4.78 is 3.08. The zero-order valence-corrected chi connectivity index (χ0v) is 11.3. The number of hydrogen-bond donors (Lipinski definition) is 0. The molecule has 0 N–H and O–H groups in total. The smallest absolute Gasteiger partial charge is 0.0649 e. The van der Waals surface area contributed by atoms with Gasteiger partial charge in [0, 0.05) is 21.8 Å². The van der Waals surface area contributed by atoms with Crippen molar-refractivity contribution in [2.75, 3.05) is 0 Å². The monoisotopic (exact) mass is 278 g/mol. The van der Waals surface area contributed by atoms with E-state index >= 15 is 0 Å². The molecule has 2 aromatic rings. The van der Waals surface area contributed by atoms with Gasteiger partial charge in [0.15, 0.2) is 0 Å². The van der Waals surface area contributed by atoms with E-state index in [1.165, 1.54) is 5.69 Å². The van der Waals surface area contributed by atoms with Crippen LogP contribution in [-0.2, 0) is 5.41 Å². The van der Waals surface area contributed by atoms with Crippen molar-refractivity contribution in [3.8, 4) is 5.69 Å². The van der Waals surface area contributed by atoms with E-state index in [4.69, 9.17) is 0 Å². The molecule has 0 radical (unpaired) electrons. The van der Waals surface area contributed by atoms with Gasteiger partial charge in [-0.05, 0) is 30.3 Å². The number of halogens is 1. The molecule has 0 saturated carbocycles. The first-order valence-electron chi connectivity index (χ1n) is 5.29. The van der Waals surface area contributed by atoms with Crippen LogP contribution < -0.4 is 0 Å². The van der Waals surface area contributed by atoms with Crippen LogP contribution in [0.5, 0.6) is 0 Å². The summed E-state index contributed by atoms with van der Waals surface area (Å²) in [5, 5.41) is 4.38. The van der Waals surface area contributed by atoms with E-state index in [-0.39, 0.29) is 5.41 Å². The lowest BCUT2D eigenvalue weighted by Crippen LogP contribution is -2.17. The Labute approximate surface area is 104 Å². The number of benzene rings is 1. The average molecular weight is 279 g/mol. The van der Waals surface area contributed by atoms with E-state index in [1.54, 1.807) is 0 Å². The van der Waals surface area contributed by atoms with Crippen molar-refractivity contribution in [2.24, 2.45) is 0 Å². The molecule has 2 rings (SSSR count). The molecule has 0 spiro atoms. The number of aromatic nitrogens is 2. The average Bonchev–Trinajstić information content (AvgIpc) is 2.66. The molecular weight excluding hydrogens is 264 g/mol. The summed E-state index contributed by atoms with van der Waals surface area (Å²) in [7, 11) is 0. The van der Waals surface area contributed by atoms with Crippen molar-refractivity contribution in [1.29, 1.82) is 0 Å². The molecule has 84 valence electrons. The number of rotatable bonds is 1. The maximum Gasteiger partial charge on any atom is 0.0649 e. The predicted octanol–water partition coefficient (Wildman–Crippen LogP) is 3.93. The molecule has 0 atom stereocenters. The molecule has 16 heavy (non-hydrogen) atoms. The fraction of sp³-hybridized carbons (Fsp3) is 0.308. The van der Waals surface area contributed by atoms with Crippen LogP contribution in [-0.4, -0.2) is 9.78 Å². The molecule has 0 aliphatic heterocycles. The molecule has 0 fully saturated rings. The van der Waals surface area contributed by atoms with Crippen LogP contribution in [0.4, 0.5) is 0 Å². The van der Waals surface area contributed by atoms with Crippen molar-refractivity contribution in [2.45, 2.75) is 26.2 Å². The zero-order valence-electron chi connectivity index (χ0n) is 9.74. The van der Waals surface area contributed by atoms with Crippen molar-refractivity contribution >= 4 is 15.9 Å². The van der Waals surface area contributed by atoms with Crippen molar-refractivity contribution < 1.29 is 0 Å². The molecule has 0 bridgehead atoms. The van der Waals surface area contributed by atoms with Crippen molar-refractivity contribution in [3.63, 3.8) is 0 Å². The maximum absolute atomic E-state index is 4.38. The van der Waals surface area contributed by atoms with Crippen LogP contribution in [0, 0.1) is 0 Å². The van der Waals surface area contributed by atoms with Crippen LogP contribution >= 0.6 is 15.9 Å². The first kappa shape index (κ1) is 11.4. The fourth-order valence-corrected chi connectivity index (χ4v) is 1.92. The molecule has 0 saturated heterocycles. The zero-order chi connectivity index (χ0) is 11.8. The fourth-order valence-electron chi connectivity index (χ4n) is 1.66. The Morgan fingerprint density at radius 3 is 2.25 bits per heavy atom. The first-order chi connectivity index (χ1) is 7.48. The van der Waals surface area contributed by atoms with Gasteiger partial charge in [-0.25, -0.2) is 4.68 Å². The molecule has 0 unspecified atom stereocenters. The summed E-state index contributed by atoms with van der Waals surface area (Å²) in [5.74, 6) is 0. The maximum atomic E-state index is 4.38. The van der Waals surface area contributed by atoms with E-state index in [2.05, 4.69) is 60.0 Å². The third-order valence-electron chi connectivity index (χ3n) is 2.48. The molecule has 1 heterocycles. The van der Waals surface area contributed by atoms with Gasteiger partial charge >= 0.3 is 0 Å². The topological polar surface area (TPSA) is 17.8 Å². The van der Waals surface area contributed by atoms with Gasteiger partial charge in [0.1, 0.15) is 0 Å². The van der Waals surface area contributed by atoms with Gasteiger partial charge in [0.05, 0.1) is 5.69 Å². The lowest BCUT2D eigenvalue weighted by Gasteiger charge is -2.20. The summed E-state index contributed by atoms with van der Waals surface area (Å²) in [4.78, 5) is 0. The Balaban J connectivity index is 2.49. The second-order valence-electron chi connectivity index (χ2n) is 4.85. The van der Waals surface area contributed by atoms with Crippen LogP contribution in [0.2, 0.25) is 0 Å². The SMILES string of the molecule is CC(C)(C)c1ccnn1-c1ccc(Br)cc1. The molecule has 0 aliphatic carbocycles. The first-order valence-corrected chi connectivity index (χ1v) is 6.08. The third-order valence-corrected chi connectivity index (χ3v) is 3.01. The minimum atomic E-state index is 0.101. The largest absolute Gasteiger partial charge is 0.237 e. The summed E-state index contributed by atoms with van der Waals surface area (Å²) >= 11 is 3.44. The lowest BCUT2D eigenvalue weighted by molar-refractivity contribution is 0.544. The summed E-state index contributed by atoms with van der Waals surface area (Å²) in [6, 6.07) is 10.3. The molecule has 0 aliphatic rings. The third kappa shape index (κ3) is 2.19. The summed E-state index contributed by atoms with van der Waals surface area (Å²) in [6.45, 7) is 6.58. The second-order valence-corrected chi connectivity index (χ2v) is 5.77. The van der Waals surface area contributed by atoms with E-state index in [0.717, 1.165) is 10.2 Å². The van der Waals surface area contributed by atoms with Gasteiger partial charge in [-0.3, -0.25) is 0 Å². The highest BCUT2D eigenvalue weighted by atomic mass is 79.9. The van der Waals surface area contributed by atoms with Gasteiger partial charge in [0.25, 0.3) is 0 Å². The molecule has 3 heteroatoms. The number of hydrogen-bond acceptors (Lipinski definition) is 1. The molecule has 1 aromatic heterocycles. The van der Waals surface area contributed by atoms with Crippen LogP contribution in [0.25, 0.3) is 5.69 Å². The van der Waals surface area contributed by atoms with Gasteiger partial charge < -0.3 is 0 Å². The van der Waals surface area contributed by atoms with E-state index in [0.29, 0.717) is 0 Å². The van der Waals surface area contributed by atoms with E-state index in [9.17, 15) is 0 Å². The lowest BCUT2D eigenvalue weighted by atomic mass is 9.92. The molecule has 0 amide bonds. The van der Waals surface area contributed by atoms with Gasteiger partial charge in [0.2, 0.25) is 0 Å². The quantitative estimate of drug-likeness (QED) is 0.773. The van der Waals surface area contributed by atoms with Gasteiger partial charge in [-0.1, -0.05) is 36.7 Å². The Kier molecular flexibility index (Phi) is 2.89. The Bertz CT molecular complexity index is 477. The predicted molar refractivity (Wildman–Crippen MR) is 70.0 cm³/mol. The summed E-state index contributed by atoms with van der Waals surface area (Å²) in [5.41, 5.74) is 2.41. The van der Waals surface area contributed by atoms with Crippen LogP contribution in [0.1, 0.15) is 26.5 Å². The van der Waals surface area contributed by atoms with Crippen LogP contribution in [0.15, 0.2) is 41.0 Å². The summed E-state index contributed by atoms with van der Waals surface area (Å²) in [6.07, 6.45) is 1.85. The van der Waals surface area contributed by atoms with Crippen molar-refractivity contribution in [3.05, 3.63) is 46.7 Å². The Morgan fingerprint density at radius 1 is 1.06 bits per heavy atom. The minimum absolute atomic E-state index is 0.101. The number of nitrogens with zero attached hydrogens (tertiary/aromatic N) is 2. The Morgan fingerprint density at radius 2 is 1.69 bits per heavy atom.